The highest BCUT2D eigenvalue weighted by Crippen LogP contribution is 2.31. The number of likely N-dealkylation sites (N-methyl/N-ethyl adjacent to an activating group) is 1. The second-order valence-corrected chi connectivity index (χ2v) is 8.19. The van der Waals surface area contributed by atoms with Crippen molar-refractivity contribution in [3.8, 4) is 0 Å². The second-order valence-electron chi connectivity index (χ2n) is 7.75. The summed E-state index contributed by atoms with van der Waals surface area (Å²) in [5.41, 5.74) is 1.40. The highest BCUT2D eigenvalue weighted by atomic mass is 35.5. The van der Waals surface area contributed by atoms with Crippen LogP contribution in [0.4, 0.5) is 16.2 Å². The SMILES string of the molecule is CN1C=C(C(=O)Nc2cccc3ccccc23)C2NC(=O)N(c3ccc(Cl)cc3)C(=O)C21. The average Bonchev–Trinajstić information content (AvgIpc) is 3.11. The first-order valence-corrected chi connectivity index (χ1v) is 10.4. The summed E-state index contributed by atoms with van der Waals surface area (Å²) in [4.78, 5) is 42.0. The highest BCUT2D eigenvalue weighted by Gasteiger charge is 2.49. The van der Waals surface area contributed by atoms with Gasteiger partial charge in [0.1, 0.15) is 6.04 Å². The third-order valence-electron chi connectivity index (χ3n) is 5.77. The Hall–Kier alpha value is -3.84. The standard InChI is InChI=1S/C24H19ClN4O3/c1-28-13-18(22(30)26-19-8-4-6-14-5-2-3-7-17(14)19)20-21(28)23(31)29(24(32)27-20)16-11-9-15(25)10-12-16/h2-13,20-21H,1H3,(H,26,30)(H,27,32). The number of imide groups is 1. The predicted molar refractivity (Wildman–Crippen MR) is 123 cm³/mol. The fraction of sp³-hybridized carbons (Fsp3) is 0.125. The van der Waals surface area contributed by atoms with Crippen LogP contribution in [0.2, 0.25) is 5.02 Å². The number of carbonyl (C=O) groups excluding carboxylic acids is 3. The lowest BCUT2D eigenvalue weighted by Gasteiger charge is -2.37. The van der Waals surface area contributed by atoms with Gasteiger partial charge in [0, 0.05) is 29.3 Å². The van der Waals surface area contributed by atoms with Crippen LogP contribution in [0, 0.1) is 0 Å². The Balaban J connectivity index is 1.41. The molecule has 0 radical (unpaired) electrons. The van der Waals surface area contributed by atoms with E-state index in [-0.39, 0.29) is 5.91 Å². The Morgan fingerprint density at radius 3 is 2.50 bits per heavy atom. The first-order chi connectivity index (χ1) is 15.4. The summed E-state index contributed by atoms with van der Waals surface area (Å²) >= 11 is 5.93. The Kier molecular flexibility index (Phi) is 4.83. The van der Waals surface area contributed by atoms with Crippen molar-refractivity contribution < 1.29 is 14.4 Å². The Bertz CT molecular complexity index is 1280. The Morgan fingerprint density at radius 1 is 1.00 bits per heavy atom. The van der Waals surface area contributed by atoms with Crippen LogP contribution >= 0.6 is 11.6 Å². The Morgan fingerprint density at radius 2 is 1.72 bits per heavy atom. The summed E-state index contributed by atoms with van der Waals surface area (Å²) in [7, 11) is 1.71. The normalized spacial score (nSPS) is 20.1. The van der Waals surface area contributed by atoms with Crippen molar-refractivity contribution in [2.75, 3.05) is 17.3 Å². The molecule has 0 spiro atoms. The predicted octanol–water partition coefficient (Wildman–Crippen LogP) is 3.75. The van der Waals surface area contributed by atoms with Crippen LogP contribution in [-0.2, 0) is 9.59 Å². The number of amides is 4. The Labute approximate surface area is 189 Å². The van der Waals surface area contributed by atoms with Gasteiger partial charge in [0.25, 0.3) is 11.8 Å². The molecule has 2 aliphatic heterocycles. The molecule has 7 nitrogen and oxygen atoms in total. The van der Waals surface area contributed by atoms with Gasteiger partial charge in [0.05, 0.1) is 17.3 Å². The minimum Gasteiger partial charge on any atom is -0.366 e. The third-order valence-corrected chi connectivity index (χ3v) is 6.02. The lowest BCUT2D eigenvalue weighted by molar-refractivity contribution is -0.122. The van der Waals surface area contributed by atoms with Gasteiger partial charge in [0.15, 0.2) is 0 Å². The van der Waals surface area contributed by atoms with Crippen LogP contribution in [0.1, 0.15) is 0 Å². The summed E-state index contributed by atoms with van der Waals surface area (Å²) in [5.74, 6) is -0.776. The summed E-state index contributed by atoms with van der Waals surface area (Å²) in [6, 6.07) is 17.8. The first-order valence-electron chi connectivity index (χ1n) is 10.1. The lowest BCUT2D eigenvalue weighted by atomic mass is 9.98. The van der Waals surface area contributed by atoms with Crippen molar-refractivity contribution in [3.63, 3.8) is 0 Å². The maximum Gasteiger partial charge on any atom is 0.329 e. The van der Waals surface area contributed by atoms with Crippen LogP contribution < -0.4 is 15.5 Å². The van der Waals surface area contributed by atoms with Crippen molar-refractivity contribution in [2.45, 2.75) is 12.1 Å². The minimum atomic E-state index is -0.751. The topological polar surface area (TPSA) is 81.8 Å². The van der Waals surface area contributed by atoms with Gasteiger partial charge in [-0.3, -0.25) is 9.59 Å². The van der Waals surface area contributed by atoms with E-state index >= 15 is 0 Å². The molecule has 160 valence electrons. The number of urea groups is 1. The molecular weight excluding hydrogens is 428 g/mol. The van der Waals surface area contributed by atoms with Gasteiger partial charge in [-0.25, -0.2) is 9.69 Å². The molecule has 0 aromatic heterocycles. The number of nitrogens with one attached hydrogen (secondary N) is 2. The van der Waals surface area contributed by atoms with Crippen molar-refractivity contribution in [1.29, 1.82) is 0 Å². The highest BCUT2D eigenvalue weighted by molar-refractivity contribution is 6.30. The molecule has 0 aliphatic carbocycles. The zero-order valence-corrected chi connectivity index (χ0v) is 17.8. The van der Waals surface area contributed by atoms with Crippen LogP contribution in [0.25, 0.3) is 10.8 Å². The maximum absolute atomic E-state index is 13.2. The van der Waals surface area contributed by atoms with Crippen LogP contribution in [0.15, 0.2) is 78.5 Å². The zero-order valence-electron chi connectivity index (χ0n) is 17.1. The molecule has 1 fully saturated rings. The van der Waals surface area contributed by atoms with Gasteiger partial charge in [-0.05, 0) is 35.7 Å². The smallest absolute Gasteiger partial charge is 0.329 e. The number of hydrogen-bond donors (Lipinski definition) is 2. The molecule has 5 rings (SSSR count). The number of benzene rings is 3. The third kappa shape index (κ3) is 3.27. The molecule has 32 heavy (non-hydrogen) atoms. The van der Waals surface area contributed by atoms with Gasteiger partial charge >= 0.3 is 6.03 Å². The second kappa shape index (κ2) is 7.69. The molecule has 2 N–H and O–H groups in total. The summed E-state index contributed by atoms with van der Waals surface area (Å²) < 4.78 is 0. The van der Waals surface area contributed by atoms with Crippen molar-refractivity contribution in [2.24, 2.45) is 0 Å². The molecule has 2 atom stereocenters. The van der Waals surface area contributed by atoms with E-state index in [0.717, 1.165) is 15.7 Å². The van der Waals surface area contributed by atoms with E-state index in [1.165, 1.54) is 0 Å². The van der Waals surface area contributed by atoms with Crippen molar-refractivity contribution in [1.82, 2.24) is 10.2 Å². The van der Waals surface area contributed by atoms with Gasteiger partial charge in [-0.15, -0.1) is 0 Å². The van der Waals surface area contributed by atoms with E-state index in [9.17, 15) is 14.4 Å². The number of hydrogen-bond acceptors (Lipinski definition) is 4. The average molecular weight is 447 g/mol. The lowest BCUT2D eigenvalue weighted by Crippen LogP contribution is -2.65. The van der Waals surface area contributed by atoms with Crippen molar-refractivity contribution >= 4 is 51.6 Å². The van der Waals surface area contributed by atoms with Gasteiger partial charge in [-0.1, -0.05) is 48.0 Å². The van der Waals surface area contributed by atoms with Crippen LogP contribution in [0.3, 0.4) is 0 Å². The number of carbonyl (C=O) groups is 3. The maximum atomic E-state index is 13.2. The fourth-order valence-corrected chi connectivity index (χ4v) is 4.38. The molecule has 2 heterocycles. The van der Waals surface area contributed by atoms with Crippen LogP contribution in [0.5, 0.6) is 0 Å². The summed E-state index contributed by atoms with van der Waals surface area (Å²) in [6.45, 7) is 0. The largest absolute Gasteiger partial charge is 0.366 e. The number of fused-ring (bicyclic) bond motifs is 2. The molecular formula is C24H19ClN4O3. The zero-order chi connectivity index (χ0) is 22.4. The molecule has 0 bridgehead atoms. The molecule has 3 aromatic carbocycles. The molecule has 1 saturated heterocycles. The quantitative estimate of drug-likeness (QED) is 0.642. The summed E-state index contributed by atoms with van der Waals surface area (Å²) in [6.07, 6.45) is 1.61. The molecule has 2 aliphatic rings. The minimum absolute atomic E-state index is 0.322. The number of halogens is 1. The molecule has 4 amide bonds. The van der Waals surface area contributed by atoms with E-state index in [0.29, 0.717) is 22.0 Å². The van der Waals surface area contributed by atoms with Gasteiger partial charge in [0.2, 0.25) is 0 Å². The number of rotatable bonds is 3. The molecule has 0 saturated carbocycles. The van der Waals surface area contributed by atoms with E-state index in [4.69, 9.17) is 11.6 Å². The van der Waals surface area contributed by atoms with E-state index in [1.54, 1.807) is 42.4 Å². The first kappa shape index (κ1) is 20.1. The van der Waals surface area contributed by atoms with Crippen LogP contribution in [-0.4, -0.2) is 41.9 Å². The van der Waals surface area contributed by atoms with E-state index < -0.39 is 24.0 Å². The molecule has 8 heteroatoms. The number of nitrogens with zero attached hydrogens (tertiary/aromatic N) is 2. The van der Waals surface area contributed by atoms with E-state index in [1.807, 2.05) is 42.5 Å². The van der Waals surface area contributed by atoms with Gasteiger partial charge < -0.3 is 15.5 Å². The van der Waals surface area contributed by atoms with E-state index in [2.05, 4.69) is 10.6 Å². The van der Waals surface area contributed by atoms with Gasteiger partial charge in [-0.2, -0.15) is 0 Å². The summed E-state index contributed by atoms with van der Waals surface area (Å²) in [5, 5.41) is 8.16. The molecule has 3 aromatic rings. The van der Waals surface area contributed by atoms with Crippen molar-refractivity contribution in [3.05, 3.63) is 83.5 Å². The number of anilines is 2. The monoisotopic (exact) mass is 446 g/mol. The fourth-order valence-electron chi connectivity index (χ4n) is 4.25. The molecule has 2 unspecified atom stereocenters.